The van der Waals surface area contributed by atoms with Crippen LogP contribution in [0.25, 0.3) is 0 Å². The van der Waals surface area contributed by atoms with E-state index in [4.69, 9.17) is 23.7 Å². The lowest BCUT2D eigenvalue weighted by Gasteiger charge is -2.20. The van der Waals surface area contributed by atoms with Crippen molar-refractivity contribution in [3.05, 3.63) is 52.1 Å². The van der Waals surface area contributed by atoms with Crippen LogP contribution in [0.2, 0.25) is 0 Å². The predicted molar refractivity (Wildman–Crippen MR) is 94.1 cm³/mol. The van der Waals surface area contributed by atoms with Crippen molar-refractivity contribution in [2.45, 2.75) is 13.0 Å². The third-order valence-corrected chi connectivity index (χ3v) is 3.65. The highest BCUT2D eigenvalue weighted by Crippen LogP contribution is 2.37. The summed E-state index contributed by atoms with van der Waals surface area (Å²) in [7, 11) is 4.64. The number of methoxy groups -OCH3 is 3. The maximum absolute atomic E-state index is 10.4. The van der Waals surface area contributed by atoms with E-state index in [1.807, 2.05) is 6.92 Å². The van der Waals surface area contributed by atoms with E-state index in [1.165, 1.54) is 7.11 Å². The summed E-state index contributed by atoms with van der Waals surface area (Å²) in [4.78, 5) is 9.87. The summed E-state index contributed by atoms with van der Waals surface area (Å²) in [5.74, 6) is 2.60. The van der Waals surface area contributed by atoms with Gasteiger partial charge >= 0.3 is 6.73 Å². The molecule has 26 heavy (non-hydrogen) atoms. The van der Waals surface area contributed by atoms with Crippen LogP contribution in [0.5, 0.6) is 28.7 Å². The molecule has 0 heterocycles. The molecule has 0 saturated heterocycles. The fourth-order valence-electron chi connectivity index (χ4n) is 2.37. The van der Waals surface area contributed by atoms with Crippen LogP contribution >= 0.6 is 0 Å². The molecule has 0 spiro atoms. The van der Waals surface area contributed by atoms with Gasteiger partial charge in [0.2, 0.25) is 0 Å². The predicted octanol–water partition coefficient (Wildman–Crippen LogP) is 3.47. The Hall–Kier alpha value is -3.16. The Bertz CT molecular complexity index is 763. The number of nitro groups is 1. The Morgan fingerprint density at radius 1 is 0.923 bits per heavy atom. The molecule has 140 valence electrons. The molecular formula is C18H21NO7. The minimum Gasteiger partial charge on any atom is -0.497 e. The lowest BCUT2D eigenvalue weighted by molar-refractivity contribution is -0.514. The Labute approximate surface area is 151 Å². The molecule has 0 N–H and O–H groups in total. The first-order valence-corrected chi connectivity index (χ1v) is 7.79. The molecule has 2 aromatic carbocycles. The molecule has 2 aromatic rings. The first-order chi connectivity index (χ1) is 12.5. The van der Waals surface area contributed by atoms with Crippen molar-refractivity contribution >= 4 is 0 Å². The number of ether oxygens (including phenoxy) is 5. The van der Waals surface area contributed by atoms with Crippen molar-refractivity contribution in [3.63, 3.8) is 0 Å². The number of hydrogen-bond donors (Lipinski definition) is 0. The molecular weight excluding hydrogens is 342 g/mol. The highest BCUT2D eigenvalue weighted by Gasteiger charge is 2.17. The van der Waals surface area contributed by atoms with Crippen LogP contribution < -0.4 is 23.7 Å². The SMILES string of the molecule is COc1ccc(OC(C)c2ccc(OC[N+](=O)[O-])cc2OC)c(OC)c1. The fraction of sp³-hybridized carbons (Fsp3) is 0.333. The van der Waals surface area contributed by atoms with Gasteiger partial charge < -0.3 is 23.7 Å². The summed E-state index contributed by atoms with van der Waals surface area (Å²) >= 11 is 0. The fourth-order valence-corrected chi connectivity index (χ4v) is 2.37. The molecule has 0 aliphatic rings. The van der Waals surface area contributed by atoms with E-state index in [0.717, 1.165) is 5.56 Å². The molecule has 1 atom stereocenters. The molecule has 0 fully saturated rings. The Morgan fingerprint density at radius 3 is 2.19 bits per heavy atom. The highest BCUT2D eigenvalue weighted by atomic mass is 16.7. The summed E-state index contributed by atoms with van der Waals surface area (Å²) < 4.78 is 26.9. The van der Waals surface area contributed by atoms with Crippen molar-refractivity contribution in [1.29, 1.82) is 0 Å². The van der Waals surface area contributed by atoms with Crippen molar-refractivity contribution in [1.82, 2.24) is 0 Å². The summed E-state index contributed by atoms with van der Waals surface area (Å²) in [6.45, 7) is 1.25. The molecule has 0 aliphatic heterocycles. The highest BCUT2D eigenvalue weighted by molar-refractivity contribution is 5.47. The summed E-state index contributed by atoms with van der Waals surface area (Å²) in [5, 5.41) is 10.4. The number of nitrogens with zero attached hydrogens (tertiary/aromatic N) is 1. The standard InChI is InChI=1S/C18H21NO7/c1-12(26-16-8-6-13(22-2)9-18(16)24-4)15-7-5-14(10-17(15)23-3)25-11-19(20)21/h5-10,12H,11H2,1-4H3. The van der Waals surface area contributed by atoms with Gasteiger partial charge in [0.25, 0.3) is 0 Å². The molecule has 8 heteroatoms. The van der Waals surface area contributed by atoms with E-state index in [2.05, 4.69) is 0 Å². The van der Waals surface area contributed by atoms with Gasteiger partial charge in [-0.2, -0.15) is 0 Å². The first kappa shape index (κ1) is 19.2. The van der Waals surface area contributed by atoms with E-state index >= 15 is 0 Å². The zero-order chi connectivity index (χ0) is 19.1. The number of rotatable bonds is 9. The number of hydrogen-bond acceptors (Lipinski definition) is 7. The second-order valence-electron chi connectivity index (χ2n) is 5.29. The third-order valence-electron chi connectivity index (χ3n) is 3.65. The second-order valence-corrected chi connectivity index (χ2v) is 5.29. The van der Waals surface area contributed by atoms with Crippen LogP contribution in [0.4, 0.5) is 0 Å². The molecule has 0 bridgehead atoms. The van der Waals surface area contributed by atoms with E-state index in [1.54, 1.807) is 50.6 Å². The van der Waals surface area contributed by atoms with E-state index in [0.29, 0.717) is 28.7 Å². The summed E-state index contributed by atoms with van der Waals surface area (Å²) in [6.07, 6.45) is -0.364. The van der Waals surface area contributed by atoms with Crippen molar-refractivity contribution in [3.8, 4) is 28.7 Å². The monoisotopic (exact) mass is 363 g/mol. The first-order valence-electron chi connectivity index (χ1n) is 7.79. The number of benzene rings is 2. The maximum atomic E-state index is 10.4. The van der Waals surface area contributed by atoms with Crippen molar-refractivity contribution in [2.24, 2.45) is 0 Å². The minimum absolute atomic E-state index is 0.344. The van der Waals surface area contributed by atoms with Crippen LogP contribution in [-0.4, -0.2) is 33.0 Å². The Balaban J connectivity index is 2.21. The van der Waals surface area contributed by atoms with Gasteiger partial charge in [-0.3, -0.25) is 10.1 Å². The molecule has 0 saturated carbocycles. The Morgan fingerprint density at radius 2 is 1.58 bits per heavy atom. The Kier molecular flexibility index (Phi) is 6.48. The zero-order valence-electron chi connectivity index (χ0n) is 15.1. The van der Waals surface area contributed by atoms with Gasteiger partial charge in [0.1, 0.15) is 23.4 Å². The van der Waals surface area contributed by atoms with Gasteiger partial charge in [-0.25, -0.2) is 0 Å². The average Bonchev–Trinajstić information content (AvgIpc) is 2.66. The molecule has 0 radical (unpaired) electrons. The van der Waals surface area contributed by atoms with E-state index in [9.17, 15) is 10.1 Å². The molecule has 8 nitrogen and oxygen atoms in total. The van der Waals surface area contributed by atoms with Gasteiger partial charge in [-0.05, 0) is 31.2 Å². The van der Waals surface area contributed by atoms with Gasteiger partial charge in [0, 0.05) is 17.7 Å². The van der Waals surface area contributed by atoms with E-state index in [-0.39, 0.29) is 6.10 Å². The second kappa shape index (κ2) is 8.80. The quantitative estimate of drug-likeness (QED) is 0.383. The van der Waals surface area contributed by atoms with Crippen molar-refractivity contribution in [2.75, 3.05) is 28.1 Å². The molecule has 0 amide bonds. The van der Waals surface area contributed by atoms with Crippen molar-refractivity contribution < 1.29 is 28.6 Å². The summed E-state index contributed by atoms with van der Waals surface area (Å²) in [5.41, 5.74) is 0.763. The topological polar surface area (TPSA) is 89.3 Å². The van der Waals surface area contributed by atoms with Gasteiger partial charge in [-0.1, -0.05) is 0 Å². The van der Waals surface area contributed by atoms with E-state index < -0.39 is 11.7 Å². The van der Waals surface area contributed by atoms with Crippen LogP contribution in [0.1, 0.15) is 18.6 Å². The minimum atomic E-state index is -0.613. The summed E-state index contributed by atoms with van der Waals surface area (Å²) in [6, 6.07) is 10.2. The molecule has 1 unspecified atom stereocenters. The lowest BCUT2D eigenvalue weighted by Crippen LogP contribution is -2.09. The smallest absolute Gasteiger partial charge is 0.344 e. The lowest BCUT2D eigenvalue weighted by atomic mass is 10.1. The van der Waals surface area contributed by atoms with Gasteiger partial charge in [0.05, 0.1) is 26.3 Å². The largest absolute Gasteiger partial charge is 0.497 e. The zero-order valence-corrected chi connectivity index (χ0v) is 15.1. The van der Waals surface area contributed by atoms with Crippen LogP contribution in [0.3, 0.4) is 0 Å². The molecule has 2 rings (SSSR count). The average molecular weight is 363 g/mol. The molecule has 0 aromatic heterocycles. The maximum Gasteiger partial charge on any atom is 0.344 e. The third kappa shape index (κ3) is 4.69. The van der Waals surface area contributed by atoms with Gasteiger partial charge in [-0.15, -0.1) is 0 Å². The van der Waals surface area contributed by atoms with Crippen LogP contribution in [0, 0.1) is 10.1 Å². The molecule has 0 aliphatic carbocycles. The van der Waals surface area contributed by atoms with Crippen LogP contribution in [0.15, 0.2) is 36.4 Å². The van der Waals surface area contributed by atoms with Gasteiger partial charge in [0.15, 0.2) is 11.5 Å². The van der Waals surface area contributed by atoms with Crippen LogP contribution in [-0.2, 0) is 0 Å². The normalized spacial score (nSPS) is 11.4.